The molecule has 1 aromatic heterocycles. The highest BCUT2D eigenvalue weighted by Crippen LogP contribution is 2.21. The van der Waals surface area contributed by atoms with E-state index in [9.17, 15) is 9.18 Å². The number of benzene rings is 2. The second-order valence-electron chi connectivity index (χ2n) is 6.15. The number of carbonyl (C=O) groups excluding carboxylic acids is 1. The van der Waals surface area contributed by atoms with Crippen molar-refractivity contribution in [3.05, 3.63) is 77.2 Å². The second kappa shape index (κ2) is 8.94. The number of nitrogens with zero attached hydrogens (tertiary/aromatic N) is 2. The molecule has 0 bridgehead atoms. The van der Waals surface area contributed by atoms with Crippen LogP contribution in [0.5, 0.6) is 0 Å². The fourth-order valence-corrected chi connectivity index (χ4v) is 2.74. The van der Waals surface area contributed by atoms with Crippen LogP contribution in [0.2, 0.25) is 0 Å². The van der Waals surface area contributed by atoms with Crippen molar-refractivity contribution in [2.45, 2.75) is 13.3 Å². The SMILES string of the molecule is COC(=O)c1ccccc1Nc1cc(C)nc(NCCc2ccccc2F)n1. The van der Waals surface area contributed by atoms with Crippen molar-refractivity contribution >= 4 is 23.4 Å². The number of halogens is 1. The predicted octanol–water partition coefficient (Wildman–Crippen LogP) is 4.11. The Bertz CT molecular complexity index is 978. The minimum Gasteiger partial charge on any atom is -0.465 e. The summed E-state index contributed by atoms with van der Waals surface area (Å²) in [4.78, 5) is 20.7. The second-order valence-corrected chi connectivity index (χ2v) is 6.15. The van der Waals surface area contributed by atoms with Gasteiger partial charge < -0.3 is 15.4 Å². The van der Waals surface area contributed by atoms with Gasteiger partial charge >= 0.3 is 5.97 Å². The first kappa shape index (κ1) is 19.3. The molecule has 144 valence electrons. The van der Waals surface area contributed by atoms with E-state index >= 15 is 0 Å². The van der Waals surface area contributed by atoms with E-state index in [1.165, 1.54) is 13.2 Å². The molecule has 0 spiro atoms. The van der Waals surface area contributed by atoms with Crippen molar-refractivity contribution in [2.24, 2.45) is 0 Å². The normalized spacial score (nSPS) is 10.4. The zero-order valence-corrected chi connectivity index (χ0v) is 15.7. The molecular formula is C21H21FN4O2. The summed E-state index contributed by atoms with van der Waals surface area (Å²) in [6.45, 7) is 2.34. The number of para-hydroxylation sites is 1. The number of esters is 1. The minimum absolute atomic E-state index is 0.226. The molecule has 0 fully saturated rings. The molecule has 7 heteroatoms. The average molecular weight is 380 g/mol. The molecule has 3 rings (SSSR count). The van der Waals surface area contributed by atoms with E-state index in [4.69, 9.17) is 4.74 Å². The van der Waals surface area contributed by atoms with E-state index in [-0.39, 0.29) is 5.82 Å². The fourth-order valence-electron chi connectivity index (χ4n) is 2.74. The van der Waals surface area contributed by atoms with E-state index < -0.39 is 5.97 Å². The zero-order valence-electron chi connectivity index (χ0n) is 15.7. The molecule has 2 aromatic carbocycles. The Morgan fingerprint density at radius 2 is 1.86 bits per heavy atom. The Balaban J connectivity index is 1.72. The van der Waals surface area contributed by atoms with E-state index in [2.05, 4.69) is 20.6 Å². The van der Waals surface area contributed by atoms with E-state index in [0.717, 1.165) is 5.69 Å². The molecule has 0 aliphatic rings. The molecule has 0 amide bonds. The molecule has 0 unspecified atom stereocenters. The van der Waals surface area contributed by atoms with Crippen LogP contribution in [-0.4, -0.2) is 29.6 Å². The summed E-state index contributed by atoms with van der Waals surface area (Å²) in [6, 6.07) is 15.5. The van der Waals surface area contributed by atoms with Crippen molar-refractivity contribution in [1.29, 1.82) is 0 Å². The maximum atomic E-state index is 13.7. The third kappa shape index (κ3) is 4.82. The number of hydrogen-bond acceptors (Lipinski definition) is 6. The fraction of sp³-hybridized carbons (Fsp3) is 0.190. The van der Waals surface area contributed by atoms with Crippen LogP contribution in [0.3, 0.4) is 0 Å². The first-order valence-electron chi connectivity index (χ1n) is 8.84. The number of aromatic nitrogens is 2. The Kier molecular flexibility index (Phi) is 6.16. The van der Waals surface area contributed by atoms with Gasteiger partial charge in [0.25, 0.3) is 0 Å². The van der Waals surface area contributed by atoms with Gasteiger partial charge in [-0.1, -0.05) is 30.3 Å². The monoisotopic (exact) mass is 380 g/mol. The predicted molar refractivity (Wildman–Crippen MR) is 106 cm³/mol. The van der Waals surface area contributed by atoms with Gasteiger partial charge in [-0.05, 0) is 37.1 Å². The summed E-state index contributed by atoms with van der Waals surface area (Å²) in [6.07, 6.45) is 0.512. The van der Waals surface area contributed by atoms with Gasteiger partial charge in [-0.15, -0.1) is 0 Å². The smallest absolute Gasteiger partial charge is 0.339 e. The quantitative estimate of drug-likeness (QED) is 0.601. The molecule has 28 heavy (non-hydrogen) atoms. The van der Waals surface area contributed by atoms with Crippen LogP contribution < -0.4 is 10.6 Å². The molecular weight excluding hydrogens is 359 g/mol. The van der Waals surface area contributed by atoms with Gasteiger partial charge in [0.2, 0.25) is 5.95 Å². The Morgan fingerprint density at radius 1 is 1.11 bits per heavy atom. The van der Waals surface area contributed by atoms with Gasteiger partial charge in [-0.2, -0.15) is 4.98 Å². The molecule has 1 heterocycles. The molecule has 2 N–H and O–H groups in total. The lowest BCUT2D eigenvalue weighted by atomic mass is 10.1. The molecule has 0 saturated carbocycles. The van der Waals surface area contributed by atoms with E-state index in [1.807, 2.05) is 19.1 Å². The summed E-state index contributed by atoms with van der Waals surface area (Å²) < 4.78 is 18.5. The Morgan fingerprint density at radius 3 is 2.64 bits per heavy atom. The van der Waals surface area contributed by atoms with Crippen molar-refractivity contribution in [1.82, 2.24) is 9.97 Å². The van der Waals surface area contributed by atoms with Gasteiger partial charge in [0.05, 0.1) is 18.4 Å². The van der Waals surface area contributed by atoms with Gasteiger partial charge in [-0.25, -0.2) is 14.2 Å². The van der Waals surface area contributed by atoms with Crippen LogP contribution >= 0.6 is 0 Å². The third-order valence-corrected chi connectivity index (χ3v) is 4.08. The van der Waals surface area contributed by atoms with Crippen LogP contribution in [0.4, 0.5) is 21.8 Å². The molecule has 6 nitrogen and oxygen atoms in total. The molecule has 0 radical (unpaired) electrons. The summed E-state index contributed by atoms with van der Waals surface area (Å²) in [5.74, 6) is 0.306. The lowest BCUT2D eigenvalue weighted by Gasteiger charge is -2.12. The number of ether oxygens (including phenoxy) is 1. The van der Waals surface area contributed by atoms with Crippen LogP contribution in [0.25, 0.3) is 0 Å². The number of rotatable bonds is 7. The molecule has 0 atom stereocenters. The summed E-state index contributed by atoms with van der Waals surface area (Å²) in [5, 5.41) is 6.25. The number of nitrogens with one attached hydrogen (secondary N) is 2. The van der Waals surface area contributed by atoms with Crippen molar-refractivity contribution < 1.29 is 13.9 Å². The highest BCUT2D eigenvalue weighted by Gasteiger charge is 2.12. The lowest BCUT2D eigenvalue weighted by molar-refractivity contribution is 0.0602. The van der Waals surface area contributed by atoms with Gasteiger partial charge in [0.15, 0.2) is 0 Å². The molecule has 0 aliphatic carbocycles. The highest BCUT2D eigenvalue weighted by atomic mass is 19.1. The Labute approximate surface area is 162 Å². The summed E-state index contributed by atoms with van der Waals surface area (Å²) in [5.41, 5.74) is 2.38. The van der Waals surface area contributed by atoms with Crippen LogP contribution in [0.1, 0.15) is 21.6 Å². The number of carbonyl (C=O) groups is 1. The highest BCUT2D eigenvalue weighted by molar-refractivity contribution is 5.96. The van der Waals surface area contributed by atoms with Crippen LogP contribution in [0, 0.1) is 12.7 Å². The first-order valence-corrected chi connectivity index (χ1v) is 8.84. The van der Waals surface area contributed by atoms with Crippen molar-refractivity contribution in [3.8, 4) is 0 Å². The number of aryl methyl sites for hydroxylation is 1. The average Bonchev–Trinajstić information content (AvgIpc) is 2.69. The van der Waals surface area contributed by atoms with Gasteiger partial charge in [-0.3, -0.25) is 0 Å². The van der Waals surface area contributed by atoms with Crippen LogP contribution in [0.15, 0.2) is 54.6 Å². The topological polar surface area (TPSA) is 76.1 Å². The zero-order chi connectivity index (χ0) is 19.9. The number of hydrogen-bond donors (Lipinski definition) is 2. The van der Waals surface area contributed by atoms with Gasteiger partial charge in [0.1, 0.15) is 11.6 Å². The minimum atomic E-state index is -0.433. The largest absolute Gasteiger partial charge is 0.465 e. The standard InChI is InChI=1S/C21H21FN4O2/c1-14-13-19(25-18-10-6-4-8-16(18)20(27)28-2)26-21(24-14)23-12-11-15-7-3-5-9-17(15)22/h3-10,13H,11-12H2,1-2H3,(H2,23,24,25,26). The summed E-state index contributed by atoms with van der Waals surface area (Å²) in [7, 11) is 1.34. The van der Waals surface area contributed by atoms with Crippen molar-refractivity contribution in [3.63, 3.8) is 0 Å². The van der Waals surface area contributed by atoms with Crippen LogP contribution in [-0.2, 0) is 11.2 Å². The molecule has 0 aliphatic heterocycles. The molecule has 0 saturated heterocycles. The van der Waals surface area contributed by atoms with Crippen molar-refractivity contribution in [2.75, 3.05) is 24.3 Å². The van der Waals surface area contributed by atoms with Gasteiger partial charge in [0, 0.05) is 18.3 Å². The number of methoxy groups -OCH3 is 1. The van der Waals surface area contributed by atoms with E-state index in [1.54, 1.807) is 36.4 Å². The third-order valence-electron chi connectivity index (χ3n) is 4.08. The Hall–Kier alpha value is -3.48. The maximum absolute atomic E-state index is 13.7. The lowest BCUT2D eigenvalue weighted by Crippen LogP contribution is -2.11. The summed E-state index contributed by atoms with van der Waals surface area (Å²) >= 11 is 0. The molecule has 3 aromatic rings. The van der Waals surface area contributed by atoms with E-state index in [0.29, 0.717) is 41.5 Å². The number of anilines is 3. The maximum Gasteiger partial charge on any atom is 0.339 e. The first-order chi connectivity index (χ1) is 13.6.